The molecule has 0 amide bonds. The van der Waals surface area contributed by atoms with E-state index in [9.17, 15) is 0 Å². The van der Waals surface area contributed by atoms with Crippen LogP contribution in [-0.2, 0) is 13.1 Å². The summed E-state index contributed by atoms with van der Waals surface area (Å²) >= 11 is 6.19. The van der Waals surface area contributed by atoms with Gasteiger partial charge in [-0.1, -0.05) is 53.6 Å². The Morgan fingerprint density at radius 2 is 1.65 bits per heavy atom. The van der Waals surface area contributed by atoms with Gasteiger partial charge in [-0.15, -0.1) is 12.4 Å². The smallest absolute Gasteiger partial charge is 0.135 e. The first-order valence-corrected chi connectivity index (χ1v) is 7.70. The van der Waals surface area contributed by atoms with Gasteiger partial charge in [-0.25, -0.2) is 0 Å². The number of halogens is 2. The predicted molar refractivity (Wildman–Crippen MR) is 98.1 cm³/mol. The Morgan fingerprint density at radius 3 is 2.39 bits per heavy atom. The van der Waals surface area contributed by atoms with Crippen LogP contribution in [0.3, 0.4) is 0 Å². The van der Waals surface area contributed by atoms with E-state index in [2.05, 4.69) is 36.5 Å². The van der Waals surface area contributed by atoms with E-state index in [0.29, 0.717) is 11.6 Å². The van der Waals surface area contributed by atoms with Crippen LogP contribution < -0.4 is 5.32 Å². The quantitative estimate of drug-likeness (QED) is 0.647. The molecule has 3 aromatic rings. The zero-order valence-corrected chi connectivity index (χ0v) is 14.5. The highest BCUT2D eigenvalue weighted by Gasteiger charge is 2.07. The van der Waals surface area contributed by atoms with E-state index in [1.807, 2.05) is 36.4 Å². The molecule has 0 aliphatic rings. The fraction of sp³-hybridized carbons (Fsp3) is 0.158. The molecule has 2 nitrogen and oxygen atoms in total. The summed E-state index contributed by atoms with van der Waals surface area (Å²) in [7, 11) is 0. The van der Waals surface area contributed by atoms with E-state index in [0.717, 1.165) is 23.6 Å². The summed E-state index contributed by atoms with van der Waals surface area (Å²) in [5, 5.41) is 4.09. The predicted octanol–water partition coefficient (Wildman–Crippen LogP) is 5.62. The van der Waals surface area contributed by atoms with Crippen LogP contribution in [0.25, 0.3) is 11.3 Å². The first-order chi connectivity index (χ1) is 10.7. The number of hydrogen-bond donors (Lipinski definition) is 1. The lowest BCUT2D eigenvalue weighted by Gasteiger charge is -2.04. The first kappa shape index (κ1) is 17.6. The lowest BCUT2D eigenvalue weighted by atomic mass is 10.1. The van der Waals surface area contributed by atoms with Crippen LogP contribution in [0.1, 0.15) is 16.9 Å². The molecule has 0 saturated carbocycles. The van der Waals surface area contributed by atoms with Crippen LogP contribution >= 0.6 is 24.0 Å². The SMILES string of the molecule is Cc1ccc(CNCc2ccc(-c3ccccc3Cl)o2)cc1.Cl. The summed E-state index contributed by atoms with van der Waals surface area (Å²) in [4.78, 5) is 0. The fourth-order valence-electron chi connectivity index (χ4n) is 2.31. The van der Waals surface area contributed by atoms with Crippen LogP contribution in [0.5, 0.6) is 0 Å². The molecular weight excluding hydrogens is 329 g/mol. The van der Waals surface area contributed by atoms with Crippen LogP contribution in [0.4, 0.5) is 0 Å². The second kappa shape index (κ2) is 8.21. The fourth-order valence-corrected chi connectivity index (χ4v) is 2.54. The largest absolute Gasteiger partial charge is 0.460 e. The average molecular weight is 348 g/mol. The lowest BCUT2D eigenvalue weighted by Crippen LogP contribution is -2.11. The molecule has 0 saturated heterocycles. The zero-order valence-electron chi connectivity index (χ0n) is 12.9. The third kappa shape index (κ3) is 4.61. The van der Waals surface area contributed by atoms with Crippen molar-refractivity contribution in [3.8, 4) is 11.3 Å². The van der Waals surface area contributed by atoms with Gasteiger partial charge in [0.25, 0.3) is 0 Å². The number of rotatable bonds is 5. The molecule has 120 valence electrons. The molecule has 0 aliphatic heterocycles. The van der Waals surface area contributed by atoms with Crippen molar-refractivity contribution in [1.82, 2.24) is 5.32 Å². The Hall–Kier alpha value is -1.74. The van der Waals surface area contributed by atoms with E-state index < -0.39 is 0 Å². The van der Waals surface area contributed by atoms with Crippen molar-refractivity contribution in [2.24, 2.45) is 0 Å². The summed E-state index contributed by atoms with van der Waals surface area (Å²) in [6, 6.07) is 20.2. The number of hydrogen-bond acceptors (Lipinski definition) is 2. The van der Waals surface area contributed by atoms with Crippen molar-refractivity contribution in [3.05, 3.63) is 82.6 Å². The van der Waals surface area contributed by atoms with Crippen LogP contribution in [-0.4, -0.2) is 0 Å². The van der Waals surface area contributed by atoms with Crippen molar-refractivity contribution < 1.29 is 4.42 Å². The van der Waals surface area contributed by atoms with Gasteiger partial charge < -0.3 is 9.73 Å². The number of aryl methyl sites for hydroxylation is 1. The van der Waals surface area contributed by atoms with Crippen molar-refractivity contribution in [2.45, 2.75) is 20.0 Å². The van der Waals surface area contributed by atoms with Crippen LogP contribution in [0.15, 0.2) is 65.1 Å². The zero-order chi connectivity index (χ0) is 15.4. The van der Waals surface area contributed by atoms with Gasteiger partial charge in [0.1, 0.15) is 11.5 Å². The standard InChI is InChI=1S/C19H18ClNO.ClH/c1-14-6-8-15(9-7-14)12-21-13-16-10-11-19(22-16)17-4-2-3-5-18(17)20;/h2-11,21H,12-13H2,1H3;1H. The Labute approximate surface area is 147 Å². The van der Waals surface area contributed by atoms with Crippen molar-refractivity contribution in [2.75, 3.05) is 0 Å². The highest BCUT2D eigenvalue weighted by atomic mass is 35.5. The maximum absolute atomic E-state index is 6.19. The average Bonchev–Trinajstić information content (AvgIpc) is 2.98. The minimum absolute atomic E-state index is 0. The monoisotopic (exact) mass is 347 g/mol. The Morgan fingerprint density at radius 1 is 0.913 bits per heavy atom. The molecule has 23 heavy (non-hydrogen) atoms. The van der Waals surface area contributed by atoms with E-state index in [1.54, 1.807) is 0 Å². The number of benzene rings is 2. The van der Waals surface area contributed by atoms with Gasteiger partial charge in [0, 0.05) is 12.1 Å². The van der Waals surface area contributed by atoms with Gasteiger partial charge in [-0.05, 0) is 36.8 Å². The molecule has 0 spiro atoms. The van der Waals surface area contributed by atoms with Gasteiger partial charge in [0.15, 0.2) is 0 Å². The van der Waals surface area contributed by atoms with E-state index in [4.69, 9.17) is 16.0 Å². The van der Waals surface area contributed by atoms with Gasteiger partial charge in [-0.3, -0.25) is 0 Å². The van der Waals surface area contributed by atoms with Gasteiger partial charge in [-0.2, -0.15) is 0 Å². The van der Waals surface area contributed by atoms with E-state index in [-0.39, 0.29) is 12.4 Å². The van der Waals surface area contributed by atoms with Gasteiger partial charge in [0.05, 0.1) is 11.6 Å². The van der Waals surface area contributed by atoms with Gasteiger partial charge >= 0.3 is 0 Å². The summed E-state index contributed by atoms with van der Waals surface area (Å²) in [6.45, 7) is 3.61. The summed E-state index contributed by atoms with van der Waals surface area (Å²) in [5.74, 6) is 1.71. The molecule has 0 fully saturated rings. The molecule has 0 atom stereocenters. The van der Waals surface area contributed by atoms with Gasteiger partial charge in [0.2, 0.25) is 0 Å². The molecule has 0 bridgehead atoms. The minimum Gasteiger partial charge on any atom is -0.460 e. The van der Waals surface area contributed by atoms with E-state index >= 15 is 0 Å². The van der Waals surface area contributed by atoms with Crippen LogP contribution in [0.2, 0.25) is 5.02 Å². The lowest BCUT2D eigenvalue weighted by molar-refractivity contribution is 0.493. The topological polar surface area (TPSA) is 25.2 Å². The van der Waals surface area contributed by atoms with Crippen molar-refractivity contribution >= 4 is 24.0 Å². The highest BCUT2D eigenvalue weighted by Crippen LogP contribution is 2.28. The second-order valence-corrected chi connectivity index (χ2v) is 5.74. The number of nitrogens with one attached hydrogen (secondary N) is 1. The molecule has 1 heterocycles. The molecule has 0 unspecified atom stereocenters. The summed E-state index contributed by atoms with van der Waals surface area (Å²) in [6.07, 6.45) is 0. The molecular formula is C19H19Cl2NO. The maximum atomic E-state index is 6.19. The third-order valence-corrected chi connectivity index (χ3v) is 3.88. The maximum Gasteiger partial charge on any atom is 0.135 e. The second-order valence-electron chi connectivity index (χ2n) is 5.33. The molecule has 3 rings (SSSR count). The van der Waals surface area contributed by atoms with Crippen LogP contribution in [0, 0.1) is 6.92 Å². The molecule has 2 aromatic carbocycles. The van der Waals surface area contributed by atoms with Crippen molar-refractivity contribution in [3.63, 3.8) is 0 Å². The number of furan rings is 1. The molecule has 4 heteroatoms. The normalized spacial score (nSPS) is 10.3. The van der Waals surface area contributed by atoms with Crippen molar-refractivity contribution in [1.29, 1.82) is 0 Å². The molecule has 0 aliphatic carbocycles. The molecule has 0 radical (unpaired) electrons. The highest BCUT2D eigenvalue weighted by molar-refractivity contribution is 6.33. The molecule has 1 N–H and O–H groups in total. The Bertz CT molecular complexity index is 750. The Kier molecular flexibility index (Phi) is 6.28. The Balaban J connectivity index is 0.00000192. The van der Waals surface area contributed by atoms with E-state index in [1.165, 1.54) is 11.1 Å². The third-order valence-electron chi connectivity index (χ3n) is 3.55. The molecule has 1 aromatic heterocycles. The first-order valence-electron chi connectivity index (χ1n) is 7.32. The summed E-state index contributed by atoms with van der Waals surface area (Å²) in [5.41, 5.74) is 3.47. The summed E-state index contributed by atoms with van der Waals surface area (Å²) < 4.78 is 5.86. The minimum atomic E-state index is 0.